The third kappa shape index (κ3) is 7.15. The number of halogens is 3. The lowest BCUT2D eigenvalue weighted by Crippen LogP contribution is -2.25. The Hall–Kier alpha value is -4.13. The Balaban J connectivity index is 2.00. The van der Waals surface area contributed by atoms with Crippen LogP contribution in [0.5, 0.6) is 0 Å². The van der Waals surface area contributed by atoms with E-state index in [1.165, 1.54) is 60.7 Å². The summed E-state index contributed by atoms with van der Waals surface area (Å²) >= 11 is 0. The summed E-state index contributed by atoms with van der Waals surface area (Å²) in [5.74, 6) is -2.89. The second-order valence-corrected chi connectivity index (χ2v) is 12.4. The van der Waals surface area contributed by atoms with Crippen molar-refractivity contribution in [1.82, 2.24) is 4.57 Å². The number of hydrogen-bond acceptors (Lipinski definition) is 5. The van der Waals surface area contributed by atoms with E-state index in [1.54, 1.807) is 24.5 Å². The predicted octanol–water partition coefficient (Wildman–Crippen LogP) is 6.28. The third-order valence-electron chi connectivity index (χ3n) is 7.12. The number of carboxylic acids is 1. The number of benzene rings is 3. The minimum Gasteiger partial charge on any atom is -0.481 e. The zero-order chi connectivity index (χ0) is 32.2. The van der Waals surface area contributed by atoms with E-state index in [-0.39, 0.29) is 57.0 Å². The van der Waals surface area contributed by atoms with E-state index in [4.69, 9.17) is 5.11 Å². The maximum atomic E-state index is 16.0. The number of para-hydroxylation sites is 1. The van der Waals surface area contributed by atoms with Gasteiger partial charge in [-0.25, -0.2) is 8.78 Å². The normalized spacial score (nSPS) is 13.2. The first kappa shape index (κ1) is 32.8. The number of aromatic nitrogens is 1. The summed E-state index contributed by atoms with van der Waals surface area (Å²) in [5, 5.41) is 29.7. The maximum Gasteiger partial charge on any atom is 0.305 e. The second-order valence-electron chi connectivity index (χ2n) is 10.7. The third-order valence-corrected chi connectivity index (χ3v) is 8.69. The average Bonchev–Trinajstić information content (AvgIpc) is 3.32. The Labute approximate surface area is 253 Å². The average molecular weight is 631 g/mol. The lowest BCUT2D eigenvalue weighted by molar-refractivity contribution is -0.139. The molecule has 2 atom stereocenters. The Morgan fingerprint density at radius 2 is 1.41 bits per heavy atom. The minimum atomic E-state index is -4.94. The van der Waals surface area contributed by atoms with Gasteiger partial charge in [0.2, 0.25) is 0 Å². The van der Waals surface area contributed by atoms with Crippen molar-refractivity contribution < 1.29 is 41.8 Å². The van der Waals surface area contributed by atoms with Crippen molar-refractivity contribution in [3.8, 4) is 22.4 Å². The number of aliphatic hydroxyl groups is 2. The van der Waals surface area contributed by atoms with E-state index in [0.29, 0.717) is 5.56 Å². The molecule has 1 aromatic heterocycles. The minimum absolute atomic E-state index is 0.0392. The highest BCUT2D eigenvalue weighted by atomic mass is 32.2. The Kier molecular flexibility index (Phi) is 10.2. The fraction of sp³-hybridized carbons (Fsp3) is 0.281. The highest BCUT2D eigenvalue weighted by Gasteiger charge is 2.38. The smallest absolute Gasteiger partial charge is 0.305 e. The molecule has 8 nitrogen and oxygen atoms in total. The number of rotatable bonds is 13. The molecular formula is C32H33F3N2O6S. The summed E-state index contributed by atoms with van der Waals surface area (Å²) in [6, 6.07) is 17.4. The molecule has 4 aromatic rings. The summed E-state index contributed by atoms with van der Waals surface area (Å²) in [4.78, 5) is 10.6. The van der Waals surface area contributed by atoms with Crippen molar-refractivity contribution in [2.45, 2.75) is 62.7 Å². The molecule has 234 valence electrons. The maximum absolute atomic E-state index is 16.0. The van der Waals surface area contributed by atoms with Gasteiger partial charge in [-0.15, -0.1) is 0 Å². The van der Waals surface area contributed by atoms with Gasteiger partial charge in [-0.1, -0.05) is 53.2 Å². The zero-order valence-electron chi connectivity index (χ0n) is 24.1. The molecular weight excluding hydrogens is 597 g/mol. The molecule has 0 saturated heterocycles. The predicted molar refractivity (Wildman–Crippen MR) is 160 cm³/mol. The number of aliphatic hydroxyl groups excluding tert-OH is 2. The van der Waals surface area contributed by atoms with Crippen LogP contribution in [0.15, 0.2) is 83.8 Å². The molecule has 0 spiro atoms. The van der Waals surface area contributed by atoms with Gasteiger partial charge in [0.15, 0.2) is 0 Å². The van der Waals surface area contributed by atoms with Gasteiger partial charge >= 0.3 is 5.97 Å². The Morgan fingerprint density at radius 3 is 1.93 bits per heavy atom. The van der Waals surface area contributed by atoms with Crippen molar-refractivity contribution in [3.05, 3.63) is 96.2 Å². The van der Waals surface area contributed by atoms with Crippen molar-refractivity contribution in [3.63, 3.8) is 0 Å². The first-order valence-corrected chi connectivity index (χ1v) is 15.4. The van der Waals surface area contributed by atoms with Crippen LogP contribution in [-0.4, -0.2) is 46.5 Å². The van der Waals surface area contributed by atoms with Crippen LogP contribution in [0.4, 0.5) is 18.9 Å². The lowest BCUT2D eigenvalue weighted by Gasteiger charge is -2.20. The first-order valence-electron chi connectivity index (χ1n) is 13.9. The lowest BCUT2D eigenvalue weighted by atomic mass is 10.00. The number of nitrogens with zero attached hydrogens (tertiary/aromatic N) is 2. The van der Waals surface area contributed by atoms with Gasteiger partial charge < -0.3 is 19.9 Å². The van der Waals surface area contributed by atoms with E-state index in [0.717, 1.165) is 12.1 Å². The molecule has 0 radical (unpaired) electrons. The van der Waals surface area contributed by atoms with Gasteiger partial charge in [0.1, 0.15) is 16.5 Å². The first-order chi connectivity index (χ1) is 20.8. The molecule has 12 heteroatoms. The highest BCUT2D eigenvalue weighted by molar-refractivity contribution is 7.92. The molecule has 44 heavy (non-hydrogen) atoms. The van der Waals surface area contributed by atoms with Crippen molar-refractivity contribution in [2.24, 2.45) is 0 Å². The van der Waals surface area contributed by atoms with Gasteiger partial charge in [-0.05, 0) is 78.4 Å². The fourth-order valence-electron chi connectivity index (χ4n) is 5.23. The molecule has 0 fully saturated rings. The van der Waals surface area contributed by atoms with Gasteiger partial charge in [-0.2, -0.15) is 8.42 Å². The molecule has 3 aromatic carbocycles. The molecule has 0 saturated carbocycles. The van der Waals surface area contributed by atoms with Crippen molar-refractivity contribution >= 4 is 21.7 Å². The number of aliphatic carboxylic acids is 1. The standard InChI is InChI=1S/C32H33F3N2O6S/c1-20(2)30-32(44(42,43)37(35)25-6-4-3-5-7-25)29(21-8-12-23(33)13-9-21)31(22-10-14-24(34)15-11-22)36(30)17-16-26(38)18-27(39)19-28(40)41/h3-15,20,26-27,38-39H,16-19H2,1-2H3,(H,40,41)/t26-,27-/m1/s1. The number of anilines is 1. The summed E-state index contributed by atoms with van der Waals surface area (Å²) in [7, 11) is -4.94. The number of carbonyl (C=O) groups is 1. The molecule has 0 aliphatic rings. The molecule has 0 aliphatic carbocycles. The van der Waals surface area contributed by atoms with Crippen molar-refractivity contribution in [2.75, 3.05) is 4.53 Å². The molecule has 4 rings (SSSR count). The quantitative estimate of drug-likeness (QED) is 0.150. The van der Waals surface area contributed by atoms with Crippen LogP contribution < -0.4 is 4.53 Å². The largest absolute Gasteiger partial charge is 0.481 e. The number of sulfonamides is 1. The highest BCUT2D eigenvalue weighted by Crippen LogP contribution is 2.46. The van der Waals surface area contributed by atoms with Gasteiger partial charge in [-0.3, -0.25) is 4.79 Å². The van der Waals surface area contributed by atoms with Crippen LogP contribution in [0.3, 0.4) is 0 Å². The van der Waals surface area contributed by atoms with Gasteiger partial charge in [0.25, 0.3) is 10.0 Å². The molecule has 0 aliphatic heterocycles. The van der Waals surface area contributed by atoms with E-state index in [2.05, 4.69) is 0 Å². The summed E-state index contributed by atoms with van der Waals surface area (Å²) in [6.07, 6.45) is -3.35. The van der Waals surface area contributed by atoms with Crippen molar-refractivity contribution in [1.29, 1.82) is 0 Å². The summed E-state index contributed by atoms with van der Waals surface area (Å²) in [6.45, 7) is 3.39. The van der Waals surface area contributed by atoms with E-state index < -0.39 is 52.2 Å². The molecule has 3 N–H and O–H groups in total. The number of carboxylic acid groups (broad SMARTS) is 1. The molecule has 0 amide bonds. The molecule has 0 unspecified atom stereocenters. The topological polar surface area (TPSA) is 120 Å². The molecule has 0 bridgehead atoms. The van der Waals surface area contributed by atoms with E-state index in [1.807, 2.05) is 0 Å². The number of hydrogen-bond donors (Lipinski definition) is 3. The SMILES string of the molecule is CC(C)c1c(S(=O)(=O)N(F)c2ccccc2)c(-c2ccc(F)cc2)c(-c2ccc(F)cc2)n1CC[C@@H](O)C[C@@H](O)CC(=O)O. The monoisotopic (exact) mass is 630 g/mol. The van der Waals surface area contributed by atoms with E-state index in [9.17, 15) is 32.2 Å². The van der Waals surface area contributed by atoms with Crippen LogP contribution in [0.2, 0.25) is 0 Å². The summed E-state index contributed by atoms with van der Waals surface area (Å²) < 4.78 is 73.8. The van der Waals surface area contributed by atoms with Crippen LogP contribution >= 0.6 is 0 Å². The Morgan fingerprint density at radius 1 is 0.864 bits per heavy atom. The van der Waals surface area contributed by atoms with Gasteiger partial charge in [0, 0.05) is 17.8 Å². The Bertz CT molecular complexity index is 1690. The fourth-order valence-corrected chi connectivity index (χ4v) is 6.87. The van der Waals surface area contributed by atoms with Crippen LogP contribution in [-0.2, 0) is 21.4 Å². The molecule has 1 heterocycles. The zero-order valence-corrected chi connectivity index (χ0v) is 24.9. The van der Waals surface area contributed by atoms with E-state index >= 15 is 4.48 Å². The second kappa shape index (κ2) is 13.7. The van der Waals surface area contributed by atoms with Crippen LogP contribution in [0.25, 0.3) is 22.4 Å². The van der Waals surface area contributed by atoms with Crippen LogP contribution in [0.1, 0.15) is 44.7 Å². The summed E-state index contributed by atoms with van der Waals surface area (Å²) in [5.41, 5.74) is 0.882. The van der Waals surface area contributed by atoms with Crippen LogP contribution in [0, 0.1) is 11.6 Å². The van der Waals surface area contributed by atoms with Gasteiger partial charge in [0.05, 0.1) is 30.0 Å².